The van der Waals surface area contributed by atoms with Gasteiger partial charge < -0.3 is 10.3 Å². The third kappa shape index (κ3) is 2.84. The van der Waals surface area contributed by atoms with Crippen LogP contribution in [-0.4, -0.2) is 25.7 Å². The number of hydrogen-bond donors (Lipinski definition) is 3. The number of carbonyl (C=O) groups is 1. The molecule has 0 aliphatic heterocycles. The second kappa shape index (κ2) is 6.01. The van der Waals surface area contributed by atoms with E-state index in [-0.39, 0.29) is 16.2 Å². The zero-order chi connectivity index (χ0) is 16.4. The summed E-state index contributed by atoms with van der Waals surface area (Å²) in [6.45, 7) is 3.94. The summed E-state index contributed by atoms with van der Waals surface area (Å²) in [6.07, 6.45) is 3.14. The number of carbonyl (C=O) groups excluding carboxylic acids is 1. The number of anilines is 1. The number of aromatic amines is 2. The standard InChI is InChI=1S/C15H13N5O2S/c1-2-7-20-14(22)10-4-3-9(8-11(10)17-15(20)23)13(21)18-12-5-6-16-19-12/h2-6,8H,1,7H2,(H,17,23)(H2,16,18,19,21). The number of nitrogens with one attached hydrogen (secondary N) is 3. The van der Waals surface area contributed by atoms with Gasteiger partial charge in [-0.25, -0.2) is 0 Å². The van der Waals surface area contributed by atoms with E-state index in [1.165, 1.54) is 10.8 Å². The van der Waals surface area contributed by atoms with E-state index in [0.29, 0.717) is 28.8 Å². The predicted octanol–water partition coefficient (Wildman–Crippen LogP) is 2.22. The molecule has 3 N–H and O–H groups in total. The Kier molecular flexibility index (Phi) is 3.90. The Bertz CT molecular complexity index is 1000. The van der Waals surface area contributed by atoms with Crippen LogP contribution < -0.4 is 10.9 Å². The van der Waals surface area contributed by atoms with Gasteiger partial charge in [-0.1, -0.05) is 6.08 Å². The van der Waals surface area contributed by atoms with Crippen LogP contribution in [0, 0.1) is 4.77 Å². The Balaban J connectivity index is 2.04. The zero-order valence-corrected chi connectivity index (χ0v) is 12.8. The van der Waals surface area contributed by atoms with Crippen molar-refractivity contribution in [2.45, 2.75) is 6.54 Å². The largest absolute Gasteiger partial charge is 0.332 e. The molecule has 0 radical (unpaired) electrons. The van der Waals surface area contributed by atoms with E-state index in [0.717, 1.165) is 0 Å². The van der Waals surface area contributed by atoms with Crippen molar-refractivity contribution in [3.8, 4) is 0 Å². The Labute approximate surface area is 135 Å². The molecule has 23 heavy (non-hydrogen) atoms. The van der Waals surface area contributed by atoms with E-state index in [9.17, 15) is 9.59 Å². The molecular formula is C15H13N5O2S. The fraction of sp³-hybridized carbons (Fsp3) is 0.0667. The van der Waals surface area contributed by atoms with E-state index >= 15 is 0 Å². The fourth-order valence-corrected chi connectivity index (χ4v) is 2.48. The second-order valence-corrected chi connectivity index (χ2v) is 5.21. The van der Waals surface area contributed by atoms with Crippen molar-refractivity contribution in [1.29, 1.82) is 0 Å². The monoisotopic (exact) mass is 327 g/mol. The molecule has 3 aromatic rings. The summed E-state index contributed by atoms with van der Waals surface area (Å²) in [4.78, 5) is 27.6. The third-order valence-corrected chi connectivity index (χ3v) is 3.63. The summed E-state index contributed by atoms with van der Waals surface area (Å²) in [6, 6.07) is 6.42. The molecule has 0 saturated heterocycles. The molecule has 1 aromatic carbocycles. The molecule has 2 aromatic heterocycles. The highest BCUT2D eigenvalue weighted by atomic mass is 32.1. The van der Waals surface area contributed by atoms with Gasteiger partial charge in [0.1, 0.15) is 5.82 Å². The summed E-state index contributed by atoms with van der Waals surface area (Å²) < 4.78 is 1.70. The molecule has 0 atom stereocenters. The number of rotatable bonds is 4. The van der Waals surface area contributed by atoms with Crippen molar-refractivity contribution in [1.82, 2.24) is 19.7 Å². The van der Waals surface area contributed by atoms with Gasteiger partial charge >= 0.3 is 0 Å². The molecule has 0 bridgehead atoms. The summed E-state index contributed by atoms with van der Waals surface area (Å²) in [7, 11) is 0. The number of amides is 1. The molecule has 1 amide bonds. The van der Waals surface area contributed by atoms with Gasteiger partial charge in [0.2, 0.25) is 0 Å². The van der Waals surface area contributed by atoms with Crippen LogP contribution in [0.5, 0.6) is 0 Å². The first kappa shape index (κ1) is 14.9. The number of allylic oxidation sites excluding steroid dienone is 1. The lowest BCUT2D eigenvalue weighted by Crippen LogP contribution is -2.22. The van der Waals surface area contributed by atoms with E-state index in [2.05, 4.69) is 27.1 Å². The zero-order valence-electron chi connectivity index (χ0n) is 12.0. The molecule has 0 spiro atoms. The maximum absolute atomic E-state index is 12.4. The molecule has 0 unspecified atom stereocenters. The lowest BCUT2D eigenvalue weighted by atomic mass is 10.1. The number of fused-ring (bicyclic) bond motifs is 1. The van der Waals surface area contributed by atoms with Crippen molar-refractivity contribution in [3.05, 3.63) is 63.8 Å². The summed E-state index contributed by atoms with van der Waals surface area (Å²) in [5, 5.41) is 9.53. The van der Waals surface area contributed by atoms with Gasteiger partial charge in [-0.2, -0.15) is 5.10 Å². The highest BCUT2D eigenvalue weighted by Gasteiger charge is 2.10. The molecule has 116 valence electrons. The third-order valence-electron chi connectivity index (χ3n) is 3.30. The average Bonchev–Trinajstić information content (AvgIpc) is 3.03. The van der Waals surface area contributed by atoms with Gasteiger partial charge in [0.25, 0.3) is 11.5 Å². The van der Waals surface area contributed by atoms with Crippen molar-refractivity contribution in [3.63, 3.8) is 0 Å². The van der Waals surface area contributed by atoms with Gasteiger partial charge in [0, 0.05) is 18.2 Å². The normalized spacial score (nSPS) is 10.6. The maximum Gasteiger partial charge on any atom is 0.262 e. The van der Waals surface area contributed by atoms with Crippen LogP contribution in [0.1, 0.15) is 10.4 Å². The van der Waals surface area contributed by atoms with E-state index in [1.54, 1.807) is 30.3 Å². The first-order valence-electron chi connectivity index (χ1n) is 6.78. The predicted molar refractivity (Wildman–Crippen MR) is 90.1 cm³/mol. The quantitative estimate of drug-likeness (QED) is 0.506. The SMILES string of the molecule is C=CCn1c(=S)[nH]c2cc(C(=O)Nc3ccn[nH]3)ccc2c1=O. The molecule has 0 saturated carbocycles. The van der Waals surface area contributed by atoms with Gasteiger partial charge in [-0.15, -0.1) is 6.58 Å². The van der Waals surface area contributed by atoms with Crippen molar-refractivity contribution in [2.75, 3.05) is 5.32 Å². The summed E-state index contributed by atoms with van der Waals surface area (Å²) in [5.41, 5.74) is 0.695. The van der Waals surface area contributed by atoms with Crippen molar-refractivity contribution >= 4 is 34.8 Å². The summed E-state index contributed by atoms with van der Waals surface area (Å²) in [5.74, 6) is 0.176. The lowest BCUT2D eigenvalue weighted by molar-refractivity contribution is 0.102. The van der Waals surface area contributed by atoms with Gasteiger partial charge in [-0.05, 0) is 30.4 Å². The Morgan fingerprint density at radius 2 is 2.26 bits per heavy atom. The minimum atomic E-state index is -0.314. The maximum atomic E-state index is 12.4. The van der Waals surface area contributed by atoms with Crippen LogP contribution in [-0.2, 0) is 6.54 Å². The molecule has 0 aliphatic carbocycles. The highest BCUT2D eigenvalue weighted by molar-refractivity contribution is 7.71. The Morgan fingerprint density at radius 1 is 1.43 bits per heavy atom. The van der Waals surface area contributed by atoms with Gasteiger partial charge in [0.05, 0.1) is 17.1 Å². The lowest BCUT2D eigenvalue weighted by Gasteiger charge is -2.07. The van der Waals surface area contributed by atoms with Crippen LogP contribution in [0.4, 0.5) is 5.82 Å². The first-order chi connectivity index (χ1) is 11.1. The number of aromatic nitrogens is 4. The van der Waals surface area contributed by atoms with E-state index < -0.39 is 0 Å². The average molecular weight is 327 g/mol. The molecule has 0 fully saturated rings. The van der Waals surface area contributed by atoms with Gasteiger partial charge in [-0.3, -0.25) is 19.3 Å². The van der Waals surface area contributed by atoms with Crippen molar-refractivity contribution in [2.24, 2.45) is 0 Å². The van der Waals surface area contributed by atoms with Crippen LogP contribution >= 0.6 is 12.2 Å². The topological polar surface area (TPSA) is 95.6 Å². The Hall–Kier alpha value is -3.00. The fourth-order valence-electron chi connectivity index (χ4n) is 2.21. The van der Waals surface area contributed by atoms with E-state index in [4.69, 9.17) is 12.2 Å². The first-order valence-corrected chi connectivity index (χ1v) is 7.19. The molecule has 8 heteroatoms. The second-order valence-electron chi connectivity index (χ2n) is 4.82. The minimum absolute atomic E-state index is 0.218. The van der Waals surface area contributed by atoms with Gasteiger partial charge in [0.15, 0.2) is 4.77 Å². The van der Waals surface area contributed by atoms with Crippen LogP contribution in [0.15, 0.2) is 47.9 Å². The number of benzene rings is 1. The number of H-pyrrole nitrogens is 2. The molecular weight excluding hydrogens is 314 g/mol. The Morgan fingerprint density at radius 3 is 2.96 bits per heavy atom. The highest BCUT2D eigenvalue weighted by Crippen LogP contribution is 2.12. The van der Waals surface area contributed by atoms with Crippen LogP contribution in [0.2, 0.25) is 0 Å². The molecule has 3 rings (SSSR count). The van der Waals surface area contributed by atoms with Crippen LogP contribution in [0.25, 0.3) is 10.9 Å². The van der Waals surface area contributed by atoms with Crippen molar-refractivity contribution < 1.29 is 4.79 Å². The number of hydrogen-bond acceptors (Lipinski definition) is 4. The van der Waals surface area contributed by atoms with E-state index in [1.807, 2.05) is 0 Å². The molecule has 2 heterocycles. The smallest absolute Gasteiger partial charge is 0.262 e. The summed E-state index contributed by atoms with van der Waals surface area (Å²) >= 11 is 5.18. The molecule has 7 nitrogen and oxygen atoms in total. The minimum Gasteiger partial charge on any atom is -0.332 e. The van der Waals surface area contributed by atoms with Crippen LogP contribution in [0.3, 0.4) is 0 Å². The molecule has 0 aliphatic rings. The number of nitrogens with zero attached hydrogens (tertiary/aromatic N) is 2.